The predicted octanol–water partition coefficient (Wildman–Crippen LogP) is 3.81. The lowest BCUT2D eigenvalue weighted by atomic mass is 10.0. The highest BCUT2D eigenvalue weighted by Crippen LogP contribution is 2.37. The minimum Gasteiger partial charge on any atom is -0.490 e. The van der Waals surface area contributed by atoms with Crippen molar-refractivity contribution in [3.05, 3.63) is 22.7 Å². The van der Waals surface area contributed by atoms with Crippen molar-refractivity contribution >= 4 is 29.9 Å². The Kier molecular flexibility index (Phi) is 10.1. The molecular formula is C17H28Cl2N2O3. The maximum Gasteiger partial charge on any atom is 0.251 e. The van der Waals surface area contributed by atoms with Crippen molar-refractivity contribution in [3.8, 4) is 11.5 Å². The summed E-state index contributed by atoms with van der Waals surface area (Å²) in [6, 6.07) is 3.24. The van der Waals surface area contributed by atoms with Gasteiger partial charge in [-0.3, -0.25) is 4.79 Å². The van der Waals surface area contributed by atoms with Gasteiger partial charge in [0.05, 0.1) is 18.2 Å². The van der Waals surface area contributed by atoms with Crippen molar-refractivity contribution in [3.63, 3.8) is 0 Å². The fraction of sp³-hybridized carbons (Fsp3) is 0.588. The van der Waals surface area contributed by atoms with E-state index in [1.165, 1.54) is 0 Å². The van der Waals surface area contributed by atoms with E-state index in [2.05, 4.69) is 12.2 Å². The second-order valence-electron chi connectivity index (χ2n) is 5.96. The zero-order chi connectivity index (χ0) is 17.5. The maximum atomic E-state index is 12.4. The van der Waals surface area contributed by atoms with Crippen LogP contribution in [0.2, 0.25) is 5.02 Å². The van der Waals surface area contributed by atoms with E-state index in [0.717, 1.165) is 12.8 Å². The van der Waals surface area contributed by atoms with Gasteiger partial charge in [0.15, 0.2) is 11.5 Å². The fourth-order valence-electron chi connectivity index (χ4n) is 1.85. The summed E-state index contributed by atoms with van der Waals surface area (Å²) in [4.78, 5) is 12.4. The van der Waals surface area contributed by atoms with Gasteiger partial charge in [0, 0.05) is 17.6 Å². The molecule has 5 nitrogen and oxygen atoms in total. The zero-order valence-corrected chi connectivity index (χ0v) is 16.4. The first kappa shape index (κ1) is 22.8. The molecule has 1 amide bonds. The number of amides is 1. The van der Waals surface area contributed by atoms with Gasteiger partial charge in [-0.25, -0.2) is 0 Å². The molecule has 0 aliphatic carbocycles. The van der Waals surface area contributed by atoms with E-state index in [1.807, 2.05) is 20.8 Å². The van der Waals surface area contributed by atoms with Gasteiger partial charge < -0.3 is 20.5 Å². The molecule has 24 heavy (non-hydrogen) atoms. The van der Waals surface area contributed by atoms with Gasteiger partial charge in [-0.15, -0.1) is 12.4 Å². The molecule has 1 rings (SSSR count). The van der Waals surface area contributed by atoms with Crippen LogP contribution in [0.15, 0.2) is 12.1 Å². The number of unbranched alkanes of at least 4 members (excludes halogenated alkanes) is 1. The van der Waals surface area contributed by atoms with Crippen molar-refractivity contribution in [1.29, 1.82) is 0 Å². The quantitative estimate of drug-likeness (QED) is 0.640. The van der Waals surface area contributed by atoms with E-state index in [-0.39, 0.29) is 18.3 Å². The Morgan fingerprint density at radius 2 is 1.96 bits per heavy atom. The highest BCUT2D eigenvalue weighted by molar-refractivity contribution is 6.32. The van der Waals surface area contributed by atoms with Gasteiger partial charge in [-0.1, -0.05) is 24.9 Å². The molecule has 0 saturated carbocycles. The van der Waals surface area contributed by atoms with Crippen molar-refractivity contribution < 1.29 is 14.3 Å². The first-order valence-corrected chi connectivity index (χ1v) is 8.34. The van der Waals surface area contributed by atoms with Crippen LogP contribution in [0.25, 0.3) is 0 Å². The zero-order valence-electron chi connectivity index (χ0n) is 14.8. The molecule has 0 saturated heterocycles. The highest BCUT2D eigenvalue weighted by atomic mass is 35.5. The van der Waals surface area contributed by atoms with E-state index in [1.54, 1.807) is 12.1 Å². The van der Waals surface area contributed by atoms with Crippen molar-refractivity contribution in [2.24, 2.45) is 5.73 Å². The van der Waals surface area contributed by atoms with Gasteiger partial charge in [-0.2, -0.15) is 0 Å². The average Bonchev–Trinajstić information content (AvgIpc) is 2.49. The third-order valence-electron chi connectivity index (χ3n) is 3.28. The molecule has 0 heterocycles. The lowest BCUT2D eigenvalue weighted by Gasteiger charge is -2.24. The lowest BCUT2D eigenvalue weighted by Crippen LogP contribution is -2.48. The fourth-order valence-corrected chi connectivity index (χ4v) is 2.12. The number of rotatable bonds is 9. The van der Waals surface area contributed by atoms with Crippen molar-refractivity contribution in [2.45, 2.75) is 46.1 Å². The van der Waals surface area contributed by atoms with Crippen LogP contribution in [0.1, 0.15) is 50.9 Å². The number of benzene rings is 1. The number of ether oxygens (including phenoxy) is 2. The Bertz CT molecular complexity index is 537. The molecule has 0 unspecified atom stereocenters. The van der Waals surface area contributed by atoms with E-state index in [4.69, 9.17) is 26.8 Å². The average molecular weight is 379 g/mol. The third-order valence-corrected chi connectivity index (χ3v) is 3.56. The third kappa shape index (κ3) is 6.75. The molecule has 0 bridgehead atoms. The molecule has 7 heteroatoms. The van der Waals surface area contributed by atoms with E-state index in [9.17, 15) is 4.79 Å². The maximum absolute atomic E-state index is 12.4. The molecule has 0 aromatic heterocycles. The summed E-state index contributed by atoms with van der Waals surface area (Å²) in [6.45, 7) is 9.02. The molecule has 0 fully saturated rings. The number of hydrogen-bond acceptors (Lipinski definition) is 4. The molecule has 0 aliphatic heterocycles. The van der Waals surface area contributed by atoms with Crippen molar-refractivity contribution in [1.82, 2.24) is 5.32 Å². The smallest absolute Gasteiger partial charge is 0.251 e. The molecule has 0 aliphatic rings. The van der Waals surface area contributed by atoms with Gasteiger partial charge in [-0.05, 0) is 39.3 Å². The van der Waals surface area contributed by atoms with E-state index < -0.39 is 5.54 Å². The minimum absolute atomic E-state index is 0. The normalized spacial score (nSPS) is 10.8. The summed E-state index contributed by atoms with van der Waals surface area (Å²) in [7, 11) is 0. The molecule has 3 N–H and O–H groups in total. The summed E-state index contributed by atoms with van der Waals surface area (Å²) in [5.74, 6) is 0.715. The van der Waals surface area contributed by atoms with Crippen LogP contribution in [0.5, 0.6) is 11.5 Å². The summed E-state index contributed by atoms with van der Waals surface area (Å²) < 4.78 is 11.3. The molecule has 0 radical (unpaired) electrons. The summed E-state index contributed by atoms with van der Waals surface area (Å²) in [5.41, 5.74) is 5.57. The number of hydrogen-bond donors (Lipinski definition) is 2. The number of halogens is 2. The van der Waals surface area contributed by atoms with E-state index in [0.29, 0.717) is 41.8 Å². The monoisotopic (exact) mass is 378 g/mol. The molecular weight excluding hydrogens is 351 g/mol. The van der Waals surface area contributed by atoms with Gasteiger partial charge in [0.1, 0.15) is 0 Å². The van der Waals surface area contributed by atoms with Gasteiger partial charge >= 0.3 is 0 Å². The van der Waals surface area contributed by atoms with Crippen LogP contribution >= 0.6 is 24.0 Å². The SMILES string of the molecule is CCCCOc1c(Cl)cc(C(=O)NC(C)(C)CN)cc1OCC.Cl. The summed E-state index contributed by atoms with van der Waals surface area (Å²) in [6.07, 6.45) is 1.95. The summed E-state index contributed by atoms with van der Waals surface area (Å²) in [5, 5.41) is 3.24. The van der Waals surface area contributed by atoms with Crippen LogP contribution in [0.4, 0.5) is 0 Å². The van der Waals surface area contributed by atoms with E-state index >= 15 is 0 Å². The van der Waals surface area contributed by atoms with Crippen LogP contribution in [-0.2, 0) is 0 Å². The number of carbonyl (C=O) groups excluding carboxylic acids is 1. The Labute approximate surface area is 155 Å². The van der Waals surface area contributed by atoms with Crippen LogP contribution < -0.4 is 20.5 Å². The molecule has 0 atom stereocenters. The molecule has 1 aromatic rings. The van der Waals surface area contributed by atoms with Crippen LogP contribution in [0.3, 0.4) is 0 Å². The van der Waals surface area contributed by atoms with Crippen molar-refractivity contribution in [2.75, 3.05) is 19.8 Å². The molecule has 0 spiro atoms. The van der Waals surface area contributed by atoms with Gasteiger partial charge in [0.25, 0.3) is 5.91 Å². The predicted molar refractivity (Wildman–Crippen MR) is 101 cm³/mol. The number of nitrogens with one attached hydrogen (secondary N) is 1. The standard InChI is InChI=1S/C17H27ClN2O3.ClH/c1-5-7-8-23-15-13(18)9-12(10-14(15)22-6-2)16(21)20-17(3,4)11-19;/h9-10H,5-8,11,19H2,1-4H3,(H,20,21);1H. The lowest BCUT2D eigenvalue weighted by molar-refractivity contribution is 0.0915. The molecule has 138 valence electrons. The highest BCUT2D eigenvalue weighted by Gasteiger charge is 2.22. The Hall–Kier alpha value is -1.17. The summed E-state index contributed by atoms with van der Waals surface area (Å²) >= 11 is 6.29. The first-order chi connectivity index (χ1) is 10.8. The minimum atomic E-state index is -0.494. The molecule has 1 aromatic carbocycles. The topological polar surface area (TPSA) is 73.6 Å². The first-order valence-electron chi connectivity index (χ1n) is 7.96. The second kappa shape index (κ2) is 10.6. The van der Waals surface area contributed by atoms with Crippen LogP contribution in [-0.4, -0.2) is 31.2 Å². The Morgan fingerprint density at radius 1 is 1.29 bits per heavy atom. The number of nitrogens with two attached hydrogens (primary N) is 1. The van der Waals surface area contributed by atoms with Gasteiger partial charge in [0.2, 0.25) is 0 Å². The number of carbonyl (C=O) groups is 1. The van der Waals surface area contributed by atoms with Crippen LogP contribution in [0, 0.1) is 0 Å². The Morgan fingerprint density at radius 3 is 2.50 bits per heavy atom. The largest absolute Gasteiger partial charge is 0.490 e. The second-order valence-corrected chi connectivity index (χ2v) is 6.37. The Balaban J connectivity index is 0.00000529.